The Morgan fingerprint density at radius 2 is 1.50 bits per heavy atom. The summed E-state index contributed by atoms with van der Waals surface area (Å²) in [4.78, 5) is 19.7. The van der Waals surface area contributed by atoms with Crippen LogP contribution in [0.3, 0.4) is 0 Å². The number of para-hydroxylation sites is 1. The van der Waals surface area contributed by atoms with Gasteiger partial charge in [-0.25, -0.2) is 4.68 Å². The number of aryl methyl sites for hydroxylation is 2. The first kappa shape index (κ1) is 26.4. The number of piperazine rings is 1. The molecule has 0 bridgehead atoms. The maximum absolute atomic E-state index is 13.5. The van der Waals surface area contributed by atoms with Crippen LogP contribution in [0.4, 0.5) is 0 Å². The zero-order chi connectivity index (χ0) is 27.5. The maximum Gasteiger partial charge on any atom is 0.264 e. The van der Waals surface area contributed by atoms with Crippen LogP contribution in [-0.4, -0.2) is 64.8 Å². The number of aromatic nitrogens is 2. The number of thiophene rings is 1. The number of hydrogen-bond donors (Lipinski definition) is 0. The summed E-state index contributed by atoms with van der Waals surface area (Å²) in [6.45, 7) is 8.70. The van der Waals surface area contributed by atoms with E-state index in [-0.39, 0.29) is 12.0 Å². The van der Waals surface area contributed by atoms with Gasteiger partial charge in [0.25, 0.3) is 5.91 Å². The average molecular weight is 551 g/mol. The molecule has 1 aliphatic rings. The second-order valence-corrected chi connectivity index (χ2v) is 11.3. The van der Waals surface area contributed by atoms with Crippen molar-refractivity contribution in [3.05, 3.63) is 118 Å². The molecule has 1 fully saturated rings. The van der Waals surface area contributed by atoms with Gasteiger partial charge in [0.2, 0.25) is 0 Å². The highest BCUT2D eigenvalue weighted by molar-refractivity contribution is 7.20. The van der Waals surface area contributed by atoms with Crippen molar-refractivity contribution in [1.82, 2.24) is 19.6 Å². The molecule has 0 aliphatic carbocycles. The Kier molecular flexibility index (Phi) is 7.77. The van der Waals surface area contributed by atoms with Crippen molar-refractivity contribution in [3.63, 3.8) is 0 Å². The molecule has 3 aromatic carbocycles. The van der Waals surface area contributed by atoms with Crippen LogP contribution in [-0.2, 0) is 4.74 Å². The lowest BCUT2D eigenvalue weighted by Gasteiger charge is -2.34. The summed E-state index contributed by atoms with van der Waals surface area (Å²) in [5, 5.41) is 5.82. The van der Waals surface area contributed by atoms with Gasteiger partial charge < -0.3 is 9.64 Å². The molecule has 0 N–H and O–H groups in total. The lowest BCUT2D eigenvalue weighted by Crippen LogP contribution is -2.49. The van der Waals surface area contributed by atoms with Gasteiger partial charge in [0.1, 0.15) is 10.9 Å². The molecule has 2 aromatic heterocycles. The minimum Gasteiger partial charge on any atom is -0.367 e. The van der Waals surface area contributed by atoms with Crippen molar-refractivity contribution in [2.24, 2.45) is 0 Å². The molecule has 3 heterocycles. The smallest absolute Gasteiger partial charge is 0.264 e. The van der Waals surface area contributed by atoms with Gasteiger partial charge in [0, 0.05) is 38.1 Å². The molecule has 0 radical (unpaired) electrons. The lowest BCUT2D eigenvalue weighted by molar-refractivity contribution is 0.0410. The standard InChI is InChI=1S/C33H34N4O2S/c1-24-11-9-10-16-29(24)37-33-28(25(2)34-37)23-30(40-33)32(38)36-19-17-35(18-20-36)21-22-39-31(26-12-5-3-6-13-26)27-14-7-4-8-15-27/h3-16,23,31H,17-22H2,1-2H3. The summed E-state index contributed by atoms with van der Waals surface area (Å²) in [6.07, 6.45) is -0.0858. The third-order valence-electron chi connectivity index (χ3n) is 7.66. The van der Waals surface area contributed by atoms with E-state index in [1.165, 1.54) is 11.3 Å². The van der Waals surface area contributed by atoms with E-state index in [9.17, 15) is 4.79 Å². The Morgan fingerprint density at radius 1 is 0.875 bits per heavy atom. The van der Waals surface area contributed by atoms with Crippen LogP contribution in [0.2, 0.25) is 0 Å². The van der Waals surface area contributed by atoms with Gasteiger partial charge in [0.05, 0.1) is 22.9 Å². The molecule has 0 spiro atoms. The first-order valence-electron chi connectivity index (χ1n) is 13.9. The largest absolute Gasteiger partial charge is 0.367 e. The van der Waals surface area contributed by atoms with Crippen molar-refractivity contribution in [3.8, 4) is 5.69 Å². The Bertz CT molecular complexity index is 1550. The van der Waals surface area contributed by atoms with E-state index in [4.69, 9.17) is 9.84 Å². The van der Waals surface area contributed by atoms with Crippen LogP contribution in [0.25, 0.3) is 15.9 Å². The summed E-state index contributed by atoms with van der Waals surface area (Å²) >= 11 is 1.54. The fourth-order valence-corrected chi connectivity index (χ4v) is 6.53. The molecule has 0 unspecified atom stereocenters. The number of carbonyl (C=O) groups is 1. The van der Waals surface area contributed by atoms with Crippen molar-refractivity contribution < 1.29 is 9.53 Å². The van der Waals surface area contributed by atoms with Gasteiger partial charge >= 0.3 is 0 Å². The number of ether oxygens (including phenoxy) is 1. The van der Waals surface area contributed by atoms with Gasteiger partial charge in [-0.05, 0) is 42.7 Å². The predicted octanol–water partition coefficient (Wildman–Crippen LogP) is 6.27. The van der Waals surface area contributed by atoms with Crippen molar-refractivity contribution >= 4 is 27.5 Å². The normalized spacial score (nSPS) is 14.3. The van der Waals surface area contributed by atoms with Gasteiger partial charge in [-0.15, -0.1) is 11.3 Å². The molecule has 7 heteroatoms. The van der Waals surface area contributed by atoms with E-state index < -0.39 is 0 Å². The summed E-state index contributed by atoms with van der Waals surface area (Å²) in [6, 6.07) is 31.0. The maximum atomic E-state index is 13.5. The quantitative estimate of drug-likeness (QED) is 0.229. The Hall–Kier alpha value is -3.78. The predicted molar refractivity (Wildman–Crippen MR) is 161 cm³/mol. The molecule has 0 atom stereocenters. The average Bonchev–Trinajstić information content (AvgIpc) is 3.57. The molecule has 1 saturated heterocycles. The van der Waals surface area contributed by atoms with Crippen LogP contribution in [0.5, 0.6) is 0 Å². The number of amides is 1. The molecule has 5 aromatic rings. The summed E-state index contributed by atoms with van der Waals surface area (Å²) < 4.78 is 8.41. The Balaban J connectivity index is 1.07. The molecule has 204 valence electrons. The minimum absolute atomic E-state index is 0.0858. The molecule has 0 saturated carbocycles. The van der Waals surface area contributed by atoms with E-state index >= 15 is 0 Å². The molecule has 6 nitrogen and oxygen atoms in total. The summed E-state index contributed by atoms with van der Waals surface area (Å²) in [7, 11) is 0. The molecule has 1 aliphatic heterocycles. The second kappa shape index (κ2) is 11.8. The third-order valence-corrected chi connectivity index (χ3v) is 8.75. The Labute approximate surface area is 239 Å². The highest BCUT2D eigenvalue weighted by atomic mass is 32.1. The zero-order valence-electron chi connectivity index (χ0n) is 23.0. The van der Waals surface area contributed by atoms with E-state index in [1.54, 1.807) is 0 Å². The molecule has 6 rings (SSSR count). The number of benzene rings is 3. The highest BCUT2D eigenvalue weighted by Gasteiger charge is 2.25. The van der Waals surface area contributed by atoms with Gasteiger partial charge in [-0.1, -0.05) is 78.9 Å². The van der Waals surface area contributed by atoms with E-state index in [0.29, 0.717) is 6.61 Å². The van der Waals surface area contributed by atoms with Crippen LogP contribution in [0.15, 0.2) is 91.0 Å². The number of hydrogen-bond acceptors (Lipinski definition) is 5. The van der Waals surface area contributed by atoms with E-state index in [1.807, 2.05) is 46.8 Å². The van der Waals surface area contributed by atoms with Crippen molar-refractivity contribution in [1.29, 1.82) is 0 Å². The number of fused-ring (bicyclic) bond motifs is 1. The fourth-order valence-electron chi connectivity index (χ4n) is 5.39. The lowest BCUT2D eigenvalue weighted by atomic mass is 10.0. The van der Waals surface area contributed by atoms with Gasteiger partial charge in [-0.2, -0.15) is 5.10 Å². The van der Waals surface area contributed by atoms with Gasteiger partial charge in [0.15, 0.2) is 0 Å². The van der Waals surface area contributed by atoms with Crippen LogP contribution in [0, 0.1) is 13.8 Å². The zero-order valence-corrected chi connectivity index (χ0v) is 23.8. The highest BCUT2D eigenvalue weighted by Crippen LogP contribution is 2.32. The van der Waals surface area contributed by atoms with E-state index in [2.05, 4.69) is 72.5 Å². The van der Waals surface area contributed by atoms with Crippen LogP contribution < -0.4 is 0 Å². The third kappa shape index (κ3) is 5.45. The van der Waals surface area contributed by atoms with Crippen molar-refractivity contribution in [2.45, 2.75) is 20.0 Å². The first-order chi connectivity index (χ1) is 19.6. The number of nitrogens with zero attached hydrogens (tertiary/aromatic N) is 4. The summed E-state index contributed by atoms with van der Waals surface area (Å²) in [5.41, 5.74) is 5.48. The fraction of sp³-hybridized carbons (Fsp3) is 0.273. The SMILES string of the molecule is Cc1ccccc1-n1nc(C)c2cc(C(=O)N3CCN(CCOC(c4ccccc4)c4ccccc4)CC3)sc21. The van der Waals surface area contributed by atoms with Gasteiger partial charge in [-0.3, -0.25) is 9.69 Å². The van der Waals surface area contributed by atoms with Crippen LogP contribution >= 0.6 is 11.3 Å². The Morgan fingerprint density at radius 3 is 2.15 bits per heavy atom. The van der Waals surface area contributed by atoms with Crippen molar-refractivity contribution in [2.75, 3.05) is 39.3 Å². The minimum atomic E-state index is -0.0858. The number of carbonyl (C=O) groups excluding carboxylic acids is 1. The molecule has 1 amide bonds. The second-order valence-electron chi connectivity index (χ2n) is 10.3. The number of rotatable bonds is 8. The molecular weight excluding hydrogens is 516 g/mol. The molecule has 40 heavy (non-hydrogen) atoms. The van der Waals surface area contributed by atoms with Crippen LogP contribution in [0.1, 0.15) is 38.2 Å². The first-order valence-corrected chi connectivity index (χ1v) is 14.7. The molecular formula is C33H34N4O2S. The van der Waals surface area contributed by atoms with E-state index in [0.717, 1.165) is 75.9 Å². The topological polar surface area (TPSA) is 50.6 Å². The monoisotopic (exact) mass is 550 g/mol. The summed E-state index contributed by atoms with van der Waals surface area (Å²) in [5.74, 6) is 0.112.